The highest BCUT2D eigenvalue weighted by molar-refractivity contribution is 7.16. The fourth-order valence-electron chi connectivity index (χ4n) is 4.17. The molecule has 0 bridgehead atoms. The normalized spacial score (nSPS) is 17.5. The van der Waals surface area contributed by atoms with E-state index in [1.165, 1.54) is 16.5 Å². The van der Waals surface area contributed by atoms with E-state index in [0.29, 0.717) is 5.75 Å². The molecule has 0 spiro atoms. The Bertz CT molecular complexity index is 1250. The highest BCUT2D eigenvalue weighted by Gasteiger charge is 2.32. The van der Waals surface area contributed by atoms with E-state index in [1.54, 1.807) is 36.7 Å². The van der Waals surface area contributed by atoms with Crippen molar-refractivity contribution < 1.29 is 19.1 Å². The Morgan fingerprint density at radius 2 is 1.82 bits per heavy atom. The van der Waals surface area contributed by atoms with Crippen molar-refractivity contribution >= 4 is 34.3 Å². The van der Waals surface area contributed by atoms with Gasteiger partial charge in [-0.3, -0.25) is 4.79 Å². The fourth-order valence-corrected chi connectivity index (χ4v) is 5.52. The van der Waals surface area contributed by atoms with Crippen LogP contribution < -0.4 is 20.1 Å². The molecular weight excluding hydrogens is 450 g/mol. The van der Waals surface area contributed by atoms with Gasteiger partial charge in [0.15, 0.2) is 0 Å². The third-order valence-corrected chi connectivity index (χ3v) is 7.13. The number of hydrogen-bond donors (Lipinski definition) is 2. The number of thiophene rings is 1. The Balaban J connectivity index is 1.23. The van der Waals surface area contributed by atoms with Gasteiger partial charge in [0, 0.05) is 24.0 Å². The molecule has 0 radical (unpaired) electrons. The molecule has 8 heteroatoms. The zero-order valence-corrected chi connectivity index (χ0v) is 19.8. The Kier molecular flexibility index (Phi) is 6.08. The number of ether oxygens (including phenoxy) is 2. The largest absolute Gasteiger partial charge is 0.497 e. The van der Waals surface area contributed by atoms with Crippen LogP contribution in [0.2, 0.25) is 0 Å². The van der Waals surface area contributed by atoms with Gasteiger partial charge in [-0.25, -0.2) is 4.79 Å². The molecule has 0 saturated carbocycles. The summed E-state index contributed by atoms with van der Waals surface area (Å²) in [7, 11) is 3.71. The van der Waals surface area contributed by atoms with Crippen molar-refractivity contribution in [2.75, 3.05) is 26.0 Å². The Morgan fingerprint density at radius 3 is 2.56 bits per heavy atom. The molecular formula is C26H25N3O4S. The first-order chi connectivity index (χ1) is 16.5. The average molecular weight is 476 g/mol. The second-order valence-corrected chi connectivity index (χ2v) is 9.45. The molecule has 0 fully saturated rings. The van der Waals surface area contributed by atoms with E-state index in [-0.39, 0.29) is 12.1 Å². The van der Waals surface area contributed by atoms with Crippen LogP contribution in [0.5, 0.6) is 11.5 Å². The number of nitrogens with one attached hydrogen (secondary N) is 2. The highest BCUT2D eigenvalue weighted by Crippen LogP contribution is 2.40. The lowest BCUT2D eigenvalue weighted by Crippen LogP contribution is -2.38. The van der Waals surface area contributed by atoms with Gasteiger partial charge in [0.2, 0.25) is 0 Å². The Labute approximate surface area is 202 Å². The monoisotopic (exact) mass is 475 g/mol. The van der Waals surface area contributed by atoms with Crippen molar-refractivity contribution in [2.24, 2.45) is 0 Å². The molecule has 174 valence electrons. The van der Waals surface area contributed by atoms with Crippen molar-refractivity contribution in [2.45, 2.75) is 19.1 Å². The van der Waals surface area contributed by atoms with Crippen LogP contribution in [-0.4, -0.2) is 37.5 Å². The minimum atomic E-state index is -0.466. The lowest BCUT2D eigenvalue weighted by atomic mass is 10.0. The molecule has 0 aliphatic carbocycles. The number of carbonyl (C=O) groups is 2. The van der Waals surface area contributed by atoms with E-state index in [1.807, 2.05) is 36.4 Å². The van der Waals surface area contributed by atoms with Crippen molar-refractivity contribution in [3.63, 3.8) is 0 Å². The number of rotatable bonds is 5. The molecule has 7 nitrogen and oxygen atoms in total. The summed E-state index contributed by atoms with van der Waals surface area (Å²) in [5.41, 5.74) is 3.72. The Hall–Kier alpha value is -3.62. The minimum absolute atomic E-state index is 0.0417. The molecule has 3 heterocycles. The second kappa shape index (κ2) is 9.32. The fraction of sp³-hybridized carbons (Fsp3) is 0.231. The predicted octanol–water partition coefficient (Wildman–Crippen LogP) is 4.22. The number of likely N-dealkylation sites (N-methyl/N-ethyl adjacent to an activating group) is 1. The maximum atomic E-state index is 12.9. The highest BCUT2D eigenvalue weighted by atomic mass is 32.1. The summed E-state index contributed by atoms with van der Waals surface area (Å²) < 4.78 is 10.5. The molecule has 1 aromatic heterocycles. The molecule has 1 amide bonds. The van der Waals surface area contributed by atoms with Crippen LogP contribution in [0.25, 0.3) is 6.08 Å². The first-order valence-electron chi connectivity index (χ1n) is 11.0. The van der Waals surface area contributed by atoms with E-state index in [2.05, 4.69) is 22.6 Å². The lowest BCUT2D eigenvalue weighted by molar-refractivity contribution is -0.128. The van der Waals surface area contributed by atoms with Gasteiger partial charge in [0.25, 0.3) is 5.91 Å². The van der Waals surface area contributed by atoms with Crippen molar-refractivity contribution in [1.29, 1.82) is 0 Å². The van der Waals surface area contributed by atoms with Crippen LogP contribution in [-0.2, 0) is 17.8 Å². The SMILES string of the molecule is COc1ccc(/C=C/C(=O)Oc2ccc([C@@H]3NC(=O)c4c(sc5c4CCN(C)C5)N3)cc2)cc1. The number of methoxy groups -OCH3 is 1. The third-order valence-electron chi connectivity index (χ3n) is 5.99. The van der Waals surface area contributed by atoms with Gasteiger partial charge in [0.05, 0.1) is 12.7 Å². The number of nitrogens with zero attached hydrogens (tertiary/aromatic N) is 1. The van der Waals surface area contributed by atoms with E-state index in [4.69, 9.17) is 9.47 Å². The summed E-state index contributed by atoms with van der Waals surface area (Å²) in [6.07, 6.45) is 3.63. The van der Waals surface area contributed by atoms with Crippen LogP contribution >= 0.6 is 11.3 Å². The Morgan fingerprint density at radius 1 is 1.09 bits per heavy atom. The summed E-state index contributed by atoms with van der Waals surface area (Å²) in [5, 5.41) is 7.45. The van der Waals surface area contributed by atoms with Gasteiger partial charge in [-0.2, -0.15) is 0 Å². The van der Waals surface area contributed by atoms with E-state index < -0.39 is 5.97 Å². The van der Waals surface area contributed by atoms with Crippen molar-refractivity contribution in [3.8, 4) is 11.5 Å². The molecule has 2 N–H and O–H groups in total. The topological polar surface area (TPSA) is 79.9 Å². The molecule has 0 saturated heterocycles. The molecule has 0 unspecified atom stereocenters. The summed E-state index contributed by atoms with van der Waals surface area (Å²) in [5.74, 6) is 0.683. The van der Waals surface area contributed by atoms with Crippen LogP contribution in [0.15, 0.2) is 54.6 Å². The molecule has 2 aliphatic heterocycles. The zero-order valence-electron chi connectivity index (χ0n) is 19.0. The van der Waals surface area contributed by atoms with E-state index in [0.717, 1.165) is 47.0 Å². The summed E-state index contributed by atoms with van der Waals surface area (Å²) in [6.45, 7) is 1.84. The van der Waals surface area contributed by atoms with Crippen LogP contribution in [0, 0.1) is 0 Å². The van der Waals surface area contributed by atoms with Crippen molar-refractivity contribution in [1.82, 2.24) is 10.2 Å². The quantitative estimate of drug-likeness (QED) is 0.327. The van der Waals surface area contributed by atoms with Crippen molar-refractivity contribution in [3.05, 3.63) is 81.7 Å². The smallest absolute Gasteiger partial charge is 0.336 e. The third kappa shape index (κ3) is 4.55. The molecule has 34 heavy (non-hydrogen) atoms. The van der Waals surface area contributed by atoms with Gasteiger partial charge in [-0.05, 0) is 60.5 Å². The maximum absolute atomic E-state index is 12.9. The van der Waals surface area contributed by atoms with Gasteiger partial charge >= 0.3 is 5.97 Å². The maximum Gasteiger partial charge on any atom is 0.336 e. The number of anilines is 1. The number of amides is 1. The standard InChI is InChI=1S/C26H25N3O4S/c1-29-14-13-20-21(15-29)34-26-23(20)25(31)27-24(28-26)17-6-10-19(11-7-17)33-22(30)12-5-16-3-8-18(32-2)9-4-16/h3-12,24,28H,13-15H2,1-2H3,(H,27,31)/b12-5+/t24-/m1/s1. The summed E-state index contributed by atoms with van der Waals surface area (Å²) in [6, 6.07) is 14.5. The predicted molar refractivity (Wildman–Crippen MR) is 132 cm³/mol. The number of carbonyl (C=O) groups excluding carboxylic acids is 2. The van der Waals surface area contributed by atoms with E-state index in [9.17, 15) is 9.59 Å². The summed E-state index contributed by atoms with van der Waals surface area (Å²) >= 11 is 1.66. The van der Waals surface area contributed by atoms with Crippen LogP contribution in [0.4, 0.5) is 5.00 Å². The molecule has 2 aromatic carbocycles. The summed E-state index contributed by atoms with van der Waals surface area (Å²) in [4.78, 5) is 28.6. The van der Waals surface area contributed by atoms with Gasteiger partial charge in [0.1, 0.15) is 22.7 Å². The van der Waals surface area contributed by atoms with Crippen LogP contribution in [0.1, 0.15) is 38.1 Å². The minimum Gasteiger partial charge on any atom is -0.497 e. The number of hydrogen-bond acceptors (Lipinski definition) is 7. The lowest BCUT2D eigenvalue weighted by Gasteiger charge is -2.27. The second-order valence-electron chi connectivity index (χ2n) is 8.34. The number of benzene rings is 2. The average Bonchev–Trinajstić information content (AvgIpc) is 3.21. The van der Waals surface area contributed by atoms with Crippen LogP contribution in [0.3, 0.4) is 0 Å². The molecule has 1 atom stereocenters. The van der Waals surface area contributed by atoms with Gasteiger partial charge < -0.3 is 25.0 Å². The van der Waals surface area contributed by atoms with Gasteiger partial charge in [-0.1, -0.05) is 24.3 Å². The number of esters is 1. The molecule has 2 aliphatic rings. The number of fused-ring (bicyclic) bond motifs is 3. The van der Waals surface area contributed by atoms with Gasteiger partial charge in [-0.15, -0.1) is 11.3 Å². The molecule has 5 rings (SSSR count). The first kappa shape index (κ1) is 22.2. The zero-order chi connectivity index (χ0) is 23.7. The van der Waals surface area contributed by atoms with E-state index >= 15 is 0 Å². The molecule has 3 aromatic rings. The first-order valence-corrected chi connectivity index (χ1v) is 11.9.